The molecule has 39 heavy (non-hydrogen) atoms. The van der Waals surface area contributed by atoms with E-state index in [4.69, 9.17) is 40.0 Å². The van der Waals surface area contributed by atoms with E-state index in [1.165, 1.54) is 25.1 Å². The summed E-state index contributed by atoms with van der Waals surface area (Å²) in [5.41, 5.74) is 0.0993. The number of esters is 4. The lowest BCUT2D eigenvalue weighted by Gasteiger charge is -2.44. The van der Waals surface area contributed by atoms with Gasteiger partial charge in [0.25, 0.3) is 5.91 Å². The number of ether oxygens (including phenoxy) is 6. The molecule has 1 aromatic carbocycles. The van der Waals surface area contributed by atoms with Gasteiger partial charge >= 0.3 is 23.9 Å². The monoisotopic (exact) mass is 569 g/mol. The van der Waals surface area contributed by atoms with Crippen LogP contribution in [0.5, 0.6) is 5.75 Å². The number of hydrogen-bond donors (Lipinski definition) is 1. The third-order valence-electron chi connectivity index (χ3n) is 6.07. The van der Waals surface area contributed by atoms with Gasteiger partial charge in [-0.2, -0.15) is 0 Å². The Labute approximate surface area is 230 Å². The molecule has 12 nitrogen and oxygen atoms in total. The number of benzene rings is 1. The summed E-state index contributed by atoms with van der Waals surface area (Å²) >= 11 is 6.17. The molecule has 1 amide bonds. The molecule has 1 heterocycles. The zero-order valence-electron chi connectivity index (χ0n) is 22.1. The van der Waals surface area contributed by atoms with Crippen molar-refractivity contribution >= 4 is 41.4 Å². The zero-order chi connectivity index (χ0) is 28.7. The summed E-state index contributed by atoms with van der Waals surface area (Å²) in [5, 5.41) is 3.24. The Balaban J connectivity index is 1.99. The third kappa shape index (κ3) is 8.56. The fourth-order valence-electron chi connectivity index (χ4n) is 4.52. The van der Waals surface area contributed by atoms with Gasteiger partial charge in [0.2, 0.25) is 12.4 Å². The summed E-state index contributed by atoms with van der Waals surface area (Å²) in [7, 11) is 0. The fourth-order valence-corrected chi connectivity index (χ4v) is 4.70. The van der Waals surface area contributed by atoms with Crippen LogP contribution >= 0.6 is 11.6 Å². The first-order valence-electron chi connectivity index (χ1n) is 12.5. The maximum atomic E-state index is 13.1. The first-order chi connectivity index (χ1) is 18.4. The highest BCUT2D eigenvalue weighted by molar-refractivity contribution is 6.31. The van der Waals surface area contributed by atoms with E-state index < -0.39 is 67.1 Å². The predicted molar refractivity (Wildman–Crippen MR) is 134 cm³/mol. The van der Waals surface area contributed by atoms with Crippen LogP contribution in [0.1, 0.15) is 63.7 Å². The van der Waals surface area contributed by atoms with Gasteiger partial charge in [-0.3, -0.25) is 24.0 Å². The molecule has 1 saturated heterocycles. The molecule has 1 aliphatic heterocycles. The minimum absolute atomic E-state index is 0.00926. The minimum atomic E-state index is -1.48. The lowest BCUT2D eigenvalue weighted by molar-refractivity contribution is -0.288. The second kappa shape index (κ2) is 13.6. The third-order valence-corrected chi connectivity index (χ3v) is 6.30. The van der Waals surface area contributed by atoms with E-state index in [2.05, 4.69) is 5.32 Å². The van der Waals surface area contributed by atoms with Crippen molar-refractivity contribution in [1.29, 1.82) is 0 Å². The molecule has 1 aromatic rings. The van der Waals surface area contributed by atoms with Crippen molar-refractivity contribution in [2.75, 3.05) is 6.61 Å². The molecule has 0 aromatic heterocycles. The van der Waals surface area contributed by atoms with Crippen molar-refractivity contribution in [2.24, 2.45) is 0 Å². The second-order valence-electron chi connectivity index (χ2n) is 9.28. The standard InChI is InChI=1S/C26H32ClNO11/c1-13(29)34-12-21-22(35-14(2)30)23(36-15(3)31)24(37-16(4)32)26(39-21)38-20-10-9-17(27)11-19(20)25(33)28-18-7-5-6-8-18/h9-11,18,21-24,26H,5-8,12H2,1-4H3,(H,28,33). The van der Waals surface area contributed by atoms with Gasteiger partial charge in [-0.15, -0.1) is 0 Å². The van der Waals surface area contributed by atoms with Crippen LogP contribution in [0.3, 0.4) is 0 Å². The van der Waals surface area contributed by atoms with Crippen LogP contribution in [0, 0.1) is 0 Å². The Kier molecular flexibility index (Phi) is 10.5. The number of carbonyl (C=O) groups excluding carboxylic acids is 5. The van der Waals surface area contributed by atoms with E-state index in [1.54, 1.807) is 0 Å². The number of hydrogen-bond acceptors (Lipinski definition) is 11. The van der Waals surface area contributed by atoms with Crippen LogP contribution in [0.15, 0.2) is 18.2 Å². The number of nitrogens with one attached hydrogen (secondary N) is 1. The lowest BCUT2D eigenvalue weighted by Crippen LogP contribution is -2.63. The van der Waals surface area contributed by atoms with Crippen molar-refractivity contribution in [1.82, 2.24) is 5.32 Å². The molecule has 3 rings (SSSR count). The molecule has 2 fully saturated rings. The molecule has 2 aliphatic rings. The first-order valence-corrected chi connectivity index (χ1v) is 12.9. The quantitative estimate of drug-likeness (QED) is 0.344. The van der Waals surface area contributed by atoms with Gasteiger partial charge in [-0.05, 0) is 31.0 Å². The van der Waals surface area contributed by atoms with E-state index in [-0.39, 0.29) is 22.4 Å². The number of rotatable bonds is 9. The smallest absolute Gasteiger partial charge is 0.303 e. The molecule has 1 aliphatic carbocycles. The Morgan fingerprint density at radius 3 is 2.05 bits per heavy atom. The van der Waals surface area contributed by atoms with Gasteiger partial charge < -0.3 is 33.7 Å². The molecule has 0 radical (unpaired) electrons. The Hall–Kier alpha value is -3.38. The van der Waals surface area contributed by atoms with Crippen LogP contribution in [-0.2, 0) is 42.9 Å². The molecule has 5 atom stereocenters. The van der Waals surface area contributed by atoms with Gasteiger partial charge in [0.05, 0.1) is 5.56 Å². The molecule has 0 spiro atoms. The predicted octanol–water partition coefficient (Wildman–Crippen LogP) is 2.47. The van der Waals surface area contributed by atoms with Gasteiger partial charge in [-0.25, -0.2) is 0 Å². The van der Waals surface area contributed by atoms with E-state index in [0.29, 0.717) is 0 Å². The topological polar surface area (TPSA) is 153 Å². The van der Waals surface area contributed by atoms with Crippen LogP contribution in [0.2, 0.25) is 5.02 Å². The van der Waals surface area contributed by atoms with E-state index in [0.717, 1.165) is 46.5 Å². The fraction of sp³-hybridized carbons (Fsp3) is 0.577. The number of carbonyl (C=O) groups is 5. The minimum Gasteiger partial charge on any atom is -0.463 e. The lowest BCUT2D eigenvalue weighted by atomic mass is 9.98. The highest BCUT2D eigenvalue weighted by Gasteiger charge is 2.53. The van der Waals surface area contributed by atoms with Gasteiger partial charge in [0.1, 0.15) is 18.5 Å². The molecule has 0 bridgehead atoms. The van der Waals surface area contributed by atoms with E-state index in [1.807, 2.05) is 0 Å². The van der Waals surface area contributed by atoms with Crippen LogP contribution < -0.4 is 10.1 Å². The first kappa shape index (κ1) is 30.2. The van der Waals surface area contributed by atoms with E-state index in [9.17, 15) is 24.0 Å². The SMILES string of the molecule is CC(=O)OCC1OC(Oc2ccc(Cl)cc2C(=O)NC2CCCC2)C(OC(C)=O)C(OC(C)=O)C1OC(C)=O. The van der Waals surface area contributed by atoms with Gasteiger partial charge in [0, 0.05) is 38.8 Å². The number of halogens is 1. The molecule has 13 heteroatoms. The highest BCUT2D eigenvalue weighted by Crippen LogP contribution is 2.33. The largest absolute Gasteiger partial charge is 0.463 e. The average molecular weight is 570 g/mol. The van der Waals surface area contributed by atoms with E-state index >= 15 is 0 Å². The van der Waals surface area contributed by atoms with Crippen molar-refractivity contribution in [2.45, 2.75) is 90.1 Å². The van der Waals surface area contributed by atoms with Crippen molar-refractivity contribution in [3.8, 4) is 5.75 Å². The van der Waals surface area contributed by atoms with Crippen LogP contribution in [0.25, 0.3) is 0 Å². The summed E-state index contributed by atoms with van der Waals surface area (Å²) < 4.78 is 33.3. The van der Waals surface area contributed by atoms with Crippen molar-refractivity contribution < 1.29 is 52.4 Å². The molecule has 1 saturated carbocycles. The summed E-state index contributed by atoms with van der Waals surface area (Å²) in [6.45, 7) is 4.13. The normalized spacial score (nSPS) is 24.8. The Bertz CT molecular complexity index is 1090. The summed E-state index contributed by atoms with van der Waals surface area (Å²) in [6, 6.07) is 4.37. The molecule has 1 N–H and O–H groups in total. The molecule has 5 unspecified atom stereocenters. The highest BCUT2D eigenvalue weighted by atomic mass is 35.5. The molecular weight excluding hydrogens is 538 g/mol. The van der Waals surface area contributed by atoms with Crippen molar-refractivity contribution in [3.05, 3.63) is 28.8 Å². The molecular formula is C26H32ClNO11. The zero-order valence-corrected chi connectivity index (χ0v) is 22.9. The molecule has 214 valence electrons. The Morgan fingerprint density at radius 1 is 0.872 bits per heavy atom. The van der Waals surface area contributed by atoms with Crippen molar-refractivity contribution in [3.63, 3.8) is 0 Å². The average Bonchev–Trinajstić information content (AvgIpc) is 3.34. The summed E-state index contributed by atoms with van der Waals surface area (Å²) in [6.07, 6.45) is -3.13. The summed E-state index contributed by atoms with van der Waals surface area (Å²) in [4.78, 5) is 60.6. The van der Waals surface area contributed by atoms with Gasteiger partial charge in [-0.1, -0.05) is 24.4 Å². The second-order valence-corrected chi connectivity index (χ2v) is 9.72. The van der Waals surface area contributed by atoms with Crippen LogP contribution in [-0.4, -0.2) is 73.1 Å². The maximum absolute atomic E-state index is 13.1. The maximum Gasteiger partial charge on any atom is 0.303 e. The summed E-state index contributed by atoms with van der Waals surface area (Å²) in [5.74, 6) is -3.33. The van der Waals surface area contributed by atoms with Gasteiger partial charge in [0.15, 0.2) is 12.2 Å². The number of amides is 1. The Morgan fingerprint density at radius 2 is 1.46 bits per heavy atom. The van der Waals surface area contributed by atoms with Crippen LogP contribution in [0.4, 0.5) is 0 Å².